The Morgan fingerprint density at radius 1 is 1.50 bits per heavy atom. The third-order valence-corrected chi connectivity index (χ3v) is 2.36. The number of aliphatic hydroxyl groups is 1. The van der Waals surface area contributed by atoms with Crippen LogP contribution in [0.5, 0.6) is 5.75 Å². The van der Waals surface area contributed by atoms with Crippen molar-refractivity contribution in [2.75, 3.05) is 13.2 Å². The zero-order valence-corrected chi connectivity index (χ0v) is 10.4. The highest BCUT2D eigenvalue weighted by Crippen LogP contribution is 2.25. The van der Waals surface area contributed by atoms with E-state index in [0.717, 1.165) is 5.56 Å². The highest BCUT2D eigenvalue weighted by atomic mass is 35.5. The van der Waals surface area contributed by atoms with Gasteiger partial charge in [-0.2, -0.15) is 0 Å². The number of nitrogens with one attached hydrogen (secondary N) is 1. The van der Waals surface area contributed by atoms with Crippen molar-refractivity contribution >= 4 is 11.6 Å². The minimum absolute atomic E-state index is 0.335. The van der Waals surface area contributed by atoms with E-state index >= 15 is 0 Å². The molecule has 0 saturated carbocycles. The normalized spacial score (nSPS) is 12.5. The Morgan fingerprint density at radius 3 is 2.81 bits per heavy atom. The van der Waals surface area contributed by atoms with Crippen molar-refractivity contribution < 1.29 is 9.84 Å². The molecule has 0 aliphatic rings. The van der Waals surface area contributed by atoms with Crippen LogP contribution in [0.2, 0.25) is 5.02 Å². The van der Waals surface area contributed by atoms with Gasteiger partial charge in [-0.05, 0) is 31.5 Å². The largest absolute Gasteiger partial charge is 0.492 e. The molecule has 0 saturated heterocycles. The molecule has 1 aromatic carbocycles. The first-order chi connectivity index (χ1) is 7.63. The van der Waals surface area contributed by atoms with Gasteiger partial charge in [0.05, 0.1) is 17.7 Å². The molecule has 1 aromatic rings. The van der Waals surface area contributed by atoms with E-state index in [2.05, 4.69) is 5.32 Å². The van der Waals surface area contributed by atoms with Crippen molar-refractivity contribution in [2.45, 2.75) is 26.5 Å². The number of hydrogen-bond acceptors (Lipinski definition) is 3. The maximum Gasteiger partial charge on any atom is 0.137 e. The number of ether oxygens (including phenoxy) is 1. The van der Waals surface area contributed by atoms with Gasteiger partial charge in [0.15, 0.2) is 0 Å². The van der Waals surface area contributed by atoms with Gasteiger partial charge in [-0.3, -0.25) is 0 Å². The molecule has 0 radical (unpaired) electrons. The van der Waals surface area contributed by atoms with Gasteiger partial charge >= 0.3 is 0 Å². The molecule has 2 N–H and O–H groups in total. The maximum atomic E-state index is 9.09. The molecule has 1 atom stereocenters. The standard InChI is InChI=1S/C12H18ClNO2/c1-3-16-12-5-4-10(6-11(12)13)8-14-7-9(2)15/h4-6,9,14-15H,3,7-8H2,1-2H3. The first-order valence-electron chi connectivity index (χ1n) is 5.43. The number of hydrogen-bond donors (Lipinski definition) is 2. The second kappa shape index (κ2) is 6.74. The van der Waals surface area contributed by atoms with Gasteiger partial charge in [-0.1, -0.05) is 17.7 Å². The summed E-state index contributed by atoms with van der Waals surface area (Å²) in [6.07, 6.45) is -0.335. The van der Waals surface area contributed by atoms with Crippen molar-refractivity contribution in [1.82, 2.24) is 5.32 Å². The van der Waals surface area contributed by atoms with Crippen LogP contribution in [-0.4, -0.2) is 24.4 Å². The van der Waals surface area contributed by atoms with E-state index in [0.29, 0.717) is 30.5 Å². The number of benzene rings is 1. The molecule has 90 valence electrons. The van der Waals surface area contributed by atoms with Crippen LogP contribution in [0.1, 0.15) is 19.4 Å². The number of halogens is 1. The minimum Gasteiger partial charge on any atom is -0.492 e. The van der Waals surface area contributed by atoms with Gasteiger partial charge in [0, 0.05) is 13.1 Å². The molecule has 0 aromatic heterocycles. The van der Waals surface area contributed by atoms with E-state index in [4.69, 9.17) is 21.4 Å². The molecule has 16 heavy (non-hydrogen) atoms. The fraction of sp³-hybridized carbons (Fsp3) is 0.500. The lowest BCUT2D eigenvalue weighted by Crippen LogP contribution is -2.23. The van der Waals surface area contributed by atoms with Crippen molar-refractivity contribution in [2.24, 2.45) is 0 Å². The Morgan fingerprint density at radius 2 is 2.25 bits per heavy atom. The van der Waals surface area contributed by atoms with Gasteiger partial charge in [-0.25, -0.2) is 0 Å². The number of rotatable bonds is 6. The summed E-state index contributed by atoms with van der Waals surface area (Å²) in [5.41, 5.74) is 1.08. The molecule has 1 unspecified atom stereocenters. The molecule has 0 aliphatic carbocycles. The van der Waals surface area contributed by atoms with Gasteiger partial charge in [0.1, 0.15) is 5.75 Å². The number of aliphatic hydroxyl groups excluding tert-OH is 1. The molecule has 0 bridgehead atoms. The Balaban J connectivity index is 2.52. The Labute approximate surface area is 101 Å². The molecule has 0 spiro atoms. The summed E-state index contributed by atoms with van der Waals surface area (Å²) in [4.78, 5) is 0. The molecular weight excluding hydrogens is 226 g/mol. The molecule has 3 nitrogen and oxygen atoms in total. The molecule has 0 aliphatic heterocycles. The predicted molar refractivity (Wildman–Crippen MR) is 66.0 cm³/mol. The van der Waals surface area contributed by atoms with Crippen LogP contribution in [0.4, 0.5) is 0 Å². The molecule has 4 heteroatoms. The van der Waals surface area contributed by atoms with Crippen molar-refractivity contribution in [3.8, 4) is 5.75 Å². The predicted octanol–water partition coefficient (Wildman–Crippen LogP) is 2.21. The van der Waals surface area contributed by atoms with E-state index in [1.54, 1.807) is 6.92 Å². The van der Waals surface area contributed by atoms with Crippen molar-refractivity contribution in [1.29, 1.82) is 0 Å². The Kier molecular flexibility index (Phi) is 5.60. The van der Waals surface area contributed by atoms with Gasteiger partial charge in [0.2, 0.25) is 0 Å². The SMILES string of the molecule is CCOc1ccc(CNCC(C)O)cc1Cl. The summed E-state index contributed by atoms with van der Waals surface area (Å²) in [5.74, 6) is 0.712. The first-order valence-corrected chi connectivity index (χ1v) is 5.81. The van der Waals surface area contributed by atoms with E-state index in [9.17, 15) is 0 Å². The second-order valence-corrected chi connectivity index (χ2v) is 4.08. The van der Waals surface area contributed by atoms with Gasteiger partial charge in [0.25, 0.3) is 0 Å². The second-order valence-electron chi connectivity index (χ2n) is 3.68. The lowest BCUT2D eigenvalue weighted by atomic mass is 10.2. The average molecular weight is 244 g/mol. The van der Waals surface area contributed by atoms with E-state index in [1.165, 1.54) is 0 Å². The average Bonchev–Trinajstić information content (AvgIpc) is 2.21. The summed E-state index contributed by atoms with van der Waals surface area (Å²) in [6, 6.07) is 5.71. The van der Waals surface area contributed by atoms with Crippen LogP contribution in [0.15, 0.2) is 18.2 Å². The maximum absolute atomic E-state index is 9.09. The van der Waals surface area contributed by atoms with Gasteiger partial charge in [-0.15, -0.1) is 0 Å². The van der Waals surface area contributed by atoms with Crippen LogP contribution >= 0.6 is 11.6 Å². The van der Waals surface area contributed by atoms with Crippen LogP contribution in [0.25, 0.3) is 0 Å². The van der Waals surface area contributed by atoms with Crippen LogP contribution < -0.4 is 10.1 Å². The highest BCUT2D eigenvalue weighted by Gasteiger charge is 2.02. The smallest absolute Gasteiger partial charge is 0.137 e. The molecule has 0 amide bonds. The van der Waals surface area contributed by atoms with E-state index < -0.39 is 0 Å². The third-order valence-electron chi connectivity index (χ3n) is 2.07. The van der Waals surface area contributed by atoms with E-state index in [-0.39, 0.29) is 6.10 Å². The lowest BCUT2D eigenvalue weighted by molar-refractivity contribution is 0.191. The summed E-state index contributed by atoms with van der Waals surface area (Å²) in [7, 11) is 0. The quantitative estimate of drug-likeness (QED) is 0.805. The fourth-order valence-electron chi connectivity index (χ4n) is 1.35. The monoisotopic (exact) mass is 243 g/mol. The molecule has 0 fully saturated rings. The van der Waals surface area contributed by atoms with E-state index in [1.807, 2.05) is 25.1 Å². The zero-order chi connectivity index (χ0) is 12.0. The summed E-state index contributed by atoms with van der Waals surface area (Å²) in [6.45, 7) is 5.55. The topological polar surface area (TPSA) is 41.5 Å². The lowest BCUT2D eigenvalue weighted by Gasteiger charge is -2.09. The third kappa shape index (κ3) is 4.39. The minimum atomic E-state index is -0.335. The summed E-state index contributed by atoms with van der Waals surface area (Å²) < 4.78 is 5.34. The van der Waals surface area contributed by atoms with Gasteiger partial charge < -0.3 is 15.2 Å². The van der Waals surface area contributed by atoms with Crippen LogP contribution in [-0.2, 0) is 6.54 Å². The molecular formula is C12H18ClNO2. The summed E-state index contributed by atoms with van der Waals surface area (Å²) >= 11 is 6.05. The highest BCUT2D eigenvalue weighted by molar-refractivity contribution is 6.32. The fourth-order valence-corrected chi connectivity index (χ4v) is 1.61. The van der Waals surface area contributed by atoms with Crippen molar-refractivity contribution in [3.05, 3.63) is 28.8 Å². The van der Waals surface area contributed by atoms with Crippen molar-refractivity contribution in [3.63, 3.8) is 0 Å². The summed E-state index contributed by atoms with van der Waals surface area (Å²) in [5, 5.41) is 12.8. The molecule has 1 rings (SSSR count). The Bertz CT molecular complexity index is 329. The zero-order valence-electron chi connectivity index (χ0n) is 9.66. The van der Waals surface area contributed by atoms with Crippen LogP contribution in [0, 0.1) is 0 Å². The first kappa shape index (κ1) is 13.3. The Hall–Kier alpha value is -0.770. The van der Waals surface area contributed by atoms with Crippen LogP contribution in [0.3, 0.4) is 0 Å². The molecule has 0 heterocycles.